The van der Waals surface area contributed by atoms with Gasteiger partial charge in [0, 0.05) is 5.02 Å². The molecule has 2 heteroatoms. The van der Waals surface area contributed by atoms with E-state index in [1.807, 2.05) is 12.1 Å². The van der Waals surface area contributed by atoms with E-state index in [0.29, 0.717) is 5.92 Å². The minimum atomic E-state index is -0.255. The summed E-state index contributed by atoms with van der Waals surface area (Å²) in [6.07, 6.45) is 3.10. The highest BCUT2D eigenvalue weighted by Gasteiger charge is 2.39. The van der Waals surface area contributed by atoms with Crippen LogP contribution in [0, 0.1) is 11.3 Å². The molecule has 0 saturated heterocycles. The maximum atomic E-state index is 9.32. The monoisotopic (exact) mass is 233 g/mol. The number of nitriles is 1. The van der Waals surface area contributed by atoms with Crippen molar-refractivity contribution >= 4 is 11.6 Å². The summed E-state index contributed by atoms with van der Waals surface area (Å²) in [4.78, 5) is 0. The number of rotatable bonds is 2. The summed E-state index contributed by atoms with van der Waals surface area (Å²) in [5, 5.41) is 10.1. The molecule has 0 aromatic heterocycles. The van der Waals surface area contributed by atoms with Crippen LogP contribution >= 0.6 is 11.6 Å². The quantitative estimate of drug-likeness (QED) is 0.742. The topological polar surface area (TPSA) is 23.8 Å². The van der Waals surface area contributed by atoms with Crippen LogP contribution in [0.2, 0.25) is 5.02 Å². The number of halogens is 1. The maximum absolute atomic E-state index is 9.32. The van der Waals surface area contributed by atoms with Crippen molar-refractivity contribution < 1.29 is 0 Å². The Morgan fingerprint density at radius 3 is 2.44 bits per heavy atom. The SMILES string of the molecule is CC(C)c1cc(Cl)cc(C2(C#N)CCC2)c1. The zero-order chi connectivity index (χ0) is 11.8. The average Bonchev–Trinajstić information content (AvgIpc) is 2.16. The molecular formula is C14H16ClN. The fraction of sp³-hybridized carbons (Fsp3) is 0.500. The van der Waals surface area contributed by atoms with Crippen LogP contribution in [0.3, 0.4) is 0 Å². The van der Waals surface area contributed by atoms with Gasteiger partial charge in [0.25, 0.3) is 0 Å². The van der Waals surface area contributed by atoms with Gasteiger partial charge < -0.3 is 0 Å². The van der Waals surface area contributed by atoms with Gasteiger partial charge in [-0.1, -0.05) is 31.5 Å². The molecule has 0 N–H and O–H groups in total. The van der Waals surface area contributed by atoms with Crippen molar-refractivity contribution in [3.8, 4) is 6.07 Å². The van der Waals surface area contributed by atoms with Crippen molar-refractivity contribution in [2.45, 2.75) is 44.4 Å². The minimum Gasteiger partial charge on any atom is -0.197 e. The van der Waals surface area contributed by atoms with E-state index < -0.39 is 0 Å². The molecule has 16 heavy (non-hydrogen) atoms. The highest BCUT2D eigenvalue weighted by Crippen LogP contribution is 2.44. The second-order valence-electron chi connectivity index (χ2n) is 4.98. The van der Waals surface area contributed by atoms with Crippen molar-refractivity contribution in [1.29, 1.82) is 5.26 Å². The van der Waals surface area contributed by atoms with E-state index in [0.717, 1.165) is 29.8 Å². The first-order chi connectivity index (χ1) is 7.57. The largest absolute Gasteiger partial charge is 0.197 e. The van der Waals surface area contributed by atoms with Crippen LogP contribution in [-0.4, -0.2) is 0 Å². The predicted molar refractivity (Wildman–Crippen MR) is 66.7 cm³/mol. The van der Waals surface area contributed by atoms with E-state index >= 15 is 0 Å². The van der Waals surface area contributed by atoms with Gasteiger partial charge in [0.15, 0.2) is 0 Å². The second-order valence-corrected chi connectivity index (χ2v) is 5.41. The average molecular weight is 234 g/mol. The Bertz CT molecular complexity index is 439. The highest BCUT2D eigenvalue weighted by molar-refractivity contribution is 6.30. The Kier molecular flexibility index (Phi) is 2.95. The summed E-state index contributed by atoms with van der Waals surface area (Å²) in [6.45, 7) is 4.30. The molecular weight excluding hydrogens is 218 g/mol. The third kappa shape index (κ3) is 1.83. The molecule has 1 aliphatic carbocycles. The van der Waals surface area contributed by atoms with Crippen molar-refractivity contribution in [2.75, 3.05) is 0 Å². The Hall–Kier alpha value is -1.00. The molecule has 0 atom stereocenters. The van der Waals surface area contributed by atoms with Gasteiger partial charge in [-0.25, -0.2) is 0 Å². The third-order valence-electron chi connectivity index (χ3n) is 3.56. The van der Waals surface area contributed by atoms with Gasteiger partial charge in [-0.2, -0.15) is 5.26 Å². The first kappa shape index (κ1) is 11.5. The summed E-state index contributed by atoms with van der Waals surface area (Å²) >= 11 is 6.13. The van der Waals surface area contributed by atoms with E-state index in [1.54, 1.807) is 0 Å². The Labute approximate surface area is 102 Å². The van der Waals surface area contributed by atoms with Gasteiger partial charge in [-0.05, 0) is 48.4 Å². The van der Waals surface area contributed by atoms with Gasteiger partial charge in [-0.15, -0.1) is 0 Å². The van der Waals surface area contributed by atoms with E-state index in [2.05, 4.69) is 26.0 Å². The minimum absolute atomic E-state index is 0.255. The van der Waals surface area contributed by atoms with Gasteiger partial charge in [0.2, 0.25) is 0 Å². The molecule has 1 aromatic carbocycles. The summed E-state index contributed by atoms with van der Waals surface area (Å²) in [5.41, 5.74) is 2.08. The highest BCUT2D eigenvalue weighted by atomic mass is 35.5. The molecule has 0 spiro atoms. The lowest BCUT2D eigenvalue weighted by Gasteiger charge is -2.36. The van der Waals surface area contributed by atoms with Crippen molar-refractivity contribution in [1.82, 2.24) is 0 Å². The normalized spacial score (nSPS) is 17.9. The Balaban J connectivity index is 2.45. The van der Waals surface area contributed by atoms with Crippen molar-refractivity contribution in [3.63, 3.8) is 0 Å². The molecule has 0 aliphatic heterocycles. The van der Waals surface area contributed by atoms with Gasteiger partial charge in [0.05, 0.1) is 11.5 Å². The fourth-order valence-electron chi connectivity index (χ4n) is 2.22. The standard InChI is InChI=1S/C14H16ClN/c1-10(2)11-6-12(8-13(15)7-11)14(9-16)4-3-5-14/h6-8,10H,3-5H2,1-2H3. The maximum Gasteiger partial charge on any atom is 0.0823 e. The van der Waals surface area contributed by atoms with Crippen LogP contribution in [0.4, 0.5) is 0 Å². The van der Waals surface area contributed by atoms with E-state index in [9.17, 15) is 5.26 Å². The van der Waals surface area contributed by atoms with Crippen molar-refractivity contribution in [3.05, 3.63) is 34.3 Å². The van der Waals surface area contributed by atoms with Gasteiger partial charge in [-0.3, -0.25) is 0 Å². The number of hydrogen-bond acceptors (Lipinski definition) is 1. The van der Waals surface area contributed by atoms with E-state index in [1.165, 1.54) is 5.56 Å². The first-order valence-corrected chi connectivity index (χ1v) is 6.17. The summed E-state index contributed by atoms with van der Waals surface area (Å²) in [5.74, 6) is 0.452. The first-order valence-electron chi connectivity index (χ1n) is 5.80. The fourth-order valence-corrected chi connectivity index (χ4v) is 2.46. The zero-order valence-electron chi connectivity index (χ0n) is 9.76. The molecule has 1 aromatic rings. The van der Waals surface area contributed by atoms with Crippen LogP contribution in [-0.2, 0) is 5.41 Å². The lowest BCUT2D eigenvalue weighted by Crippen LogP contribution is -2.32. The predicted octanol–water partition coefficient (Wildman–Crippen LogP) is 4.41. The second kappa shape index (κ2) is 4.11. The number of nitrogens with zero attached hydrogens (tertiary/aromatic N) is 1. The molecule has 1 fully saturated rings. The summed E-state index contributed by atoms with van der Waals surface area (Å²) < 4.78 is 0. The van der Waals surface area contributed by atoms with Crippen LogP contribution < -0.4 is 0 Å². The summed E-state index contributed by atoms with van der Waals surface area (Å²) in [6, 6.07) is 8.57. The molecule has 84 valence electrons. The smallest absolute Gasteiger partial charge is 0.0823 e. The number of benzene rings is 1. The summed E-state index contributed by atoms with van der Waals surface area (Å²) in [7, 11) is 0. The molecule has 2 rings (SSSR count). The van der Waals surface area contributed by atoms with E-state index in [4.69, 9.17) is 11.6 Å². The van der Waals surface area contributed by atoms with Crippen LogP contribution in [0.5, 0.6) is 0 Å². The lowest BCUT2D eigenvalue weighted by atomic mass is 9.65. The molecule has 0 amide bonds. The van der Waals surface area contributed by atoms with E-state index in [-0.39, 0.29) is 5.41 Å². The Morgan fingerprint density at radius 2 is 2.00 bits per heavy atom. The molecule has 1 aliphatic rings. The molecule has 1 saturated carbocycles. The number of hydrogen-bond donors (Lipinski definition) is 0. The molecule has 0 radical (unpaired) electrons. The Morgan fingerprint density at radius 1 is 1.31 bits per heavy atom. The third-order valence-corrected chi connectivity index (χ3v) is 3.78. The van der Waals surface area contributed by atoms with Crippen LogP contribution in [0.1, 0.15) is 50.2 Å². The zero-order valence-corrected chi connectivity index (χ0v) is 10.5. The molecule has 0 heterocycles. The molecule has 0 unspecified atom stereocenters. The lowest BCUT2D eigenvalue weighted by molar-refractivity contribution is 0.324. The van der Waals surface area contributed by atoms with Crippen molar-refractivity contribution in [2.24, 2.45) is 0 Å². The van der Waals surface area contributed by atoms with Gasteiger partial charge >= 0.3 is 0 Å². The van der Waals surface area contributed by atoms with Gasteiger partial charge in [0.1, 0.15) is 0 Å². The van der Waals surface area contributed by atoms with Crippen LogP contribution in [0.15, 0.2) is 18.2 Å². The molecule has 0 bridgehead atoms. The molecule has 1 nitrogen and oxygen atoms in total. The van der Waals surface area contributed by atoms with Crippen LogP contribution in [0.25, 0.3) is 0 Å².